The summed E-state index contributed by atoms with van der Waals surface area (Å²) in [5.74, 6) is 1.29. The Morgan fingerprint density at radius 1 is 0.657 bits per heavy atom. The molecule has 2 fully saturated rings. The number of unbranched alkanes of at least 4 members (excludes halogenated alkanes) is 4. The number of ether oxygens (including phenoxy) is 7. The van der Waals surface area contributed by atoms with Crippen molar-refractivity contribution >= 4 is 7.82 Å². The number of aromatic amines is 2. The van der Waals surface area contributed by atoms with Crippen molar-refractivity contribution < 1.29 is 52.0 Å². The van der Waals surface area contributed by atoms with Gasteiger partial charge in [-0.1, -0.05) is 94.1 Å². The summed E-state index contributed by atoms with van der Waals surface area (Å²) in [4.78, 5) is 76.4. The number of aromatic nitrogens is 4. The number of methoxy groups -OCH3 is 2. The lowest BCUT2D eigenvalue weighted by Crippen LogP contribution is -2.39. The van der Waals surface area contributed by atoms with Gasteiger partial charge in [-0.15, -0.1) is 0 Å². The topological polar surface area (TPSA) is 241 Å². The maximum atomic E-state index is 13.5. The minimum atomic E-state index is -5.04. The quantitative estimate of drug-likeness (QED) is 0.0227. The molecule has 0 amide bonds. The first-order valence-corrected chi connectivity index (χ1v) is 25.2. The van der Waals surface area contributed by atoms with Crippen LogP contribution in [-0.2, 0) is 51.2 Å². The van der Waals surface area contributed by atoms with Crippen molar-refractivity contribution in [3.8, 4) is 11.5 Å². The maximum absolute atomic E-state index is 13.5. The Labute approximate surface area is 404 Å². The van der Waals surface area contributed by atoms with E-state index in [0.717, 1.165) is 55.2 Å². The van der Waals surface area contributed by atoms with E-state index in [1.54, 1.807) is 14.2 Å². The van der Waals surface area contributed by atoms with Crippen molar-refractivity contribution in [1.82, 2.24) is 19.1 Å². The number of nitrogens with one attached hydrogen (secondary N) is 2. The predicted molar refractivity (Wildman–Crippen MR) is 257 cm³/mol. The number of hydrogen-bond acceptors (Lipinski definition) is 13. The van der Waals surface area contributed by atoms with Gasteiger partial charge in [-0.2, -0.15) is 0 Å². The summed E-state index contributed by atoms with van der Waals surface area (Å²) in [6, 6.07) is 24.8. The normalized spacial score (nSPS) is 20.5. The Morgan fingerprint density at radius 2 is 1.13 bits per heavy atom. The van der Waals surface area contributed by atoms with E-state index in [4.69, 9.17) is 37.7 Å². The first-order valence-electron chi connectivity index (χ1n) is 23.7. The zero-order valence-corrected chi connectivity index (χ0v) is 40.8. The molecule has 0 spiro atoms. The second kappa shape index (κ2) is 24.1. The number of phosphoric ester groups is 1. The van der Waals surface area contributed by atoms with Gasteiger partial charge < -0.3 is 42.9 Å². The van der Waals surface area contributed by atoms with E-state index in [0.29, 0.717) is 35.5 Å². The summed E-state index contributed by atoms with van der Waals surface area (Å²) in [7, 11) is -1.86. The van der Waals surface area contributed by atoms with Gasteiger partial charge in [0.15, 0.2) is 0 Å². The number of hydrogen-bond donors (Lipinski definition) is 4. The third-order valence-electron chi connectivity index (χ3n) is 12.7. The first-order chi connectivity index (χ1) is 33.8. The van der Waals surface area contributed by atoms with Gasteiger partial charge in [-0.05, 0) is 66.6 Å². The number of phosphoric acid groups is 1. The smallest absolute Gasteiger partial charge is 0.469 e. The maximum Gasteiger partial charge on any atom is 0.469 e. The molecule has 2 aromatic heterocycles. The zero-order chi connectivity index (χ0) is 49.8. The summed E-state index contributed by atoms with van der Waals surface area (Å²) in [6.45, 7) is 3.34. The van der Waals surface area contributed by atoms with Gasteiger partial charge in [-0.25, -0.2) is 14.2 Å². The monoisotopic (exact) mass is 990 g/mol. The number of rotatable bonds is 25. The molecule has 70 heavy (non-hydrogen) atoms. The predicted octanol–water partition coefficient (Wildman–Crippen LogP) is 5.99. The first kappa shape index (κ1) is 52.4. The van der Waals surface area contributed by atoms with Crippen LogP contribution in [0.2, 0.25) is 0 Å². The lowest BCUT2D eigenvalue weighted by atomic mass is 9.80. The van der Waals surface area contributed by atoms with Gasteiger partial charge >= 0.3 is 19.2 Å². The number of benzene rings is 3. The molecule has 4 heterocycles. The molecule has 378 valence electrons. The summed E-state index contributed by atoms with van der Waals surface area (Å²) >= 11 is 0. The number of nitrogens with zero attached hydrogens (tertiary/aromatic N) is 2. The lowest BCUT2D eigenvalue weighted by molar-refractivity contribution is -0.151. The molecule has 0 radical (unpaired) electrons. The van der Waals surface area contributed by atoms with E-state index in [9.17, 15) is 33.5 Å². The Kier molecular flexibility index (Phi) is 18.0. The molecule has 6 atom stereocenters. The standard InChI is InChI=1S/C50H63N4O15P/c1-5-7-10-14-33-28-53(48(57)51-46(33)55)44-26-40(65-32-64-30-42-41(69-70(59,60)61)27-45(67-42)54-29-34(15-11-8-6-2)47(56)52-49(54)58)43(68-44)31-66-50(35-16-12-9-13-17-35,36-18-22-38(62-3)23-19-36)37-20-24-39(63-4)25-21-37/h9,12-13,16-25,28-29,40-45H,5-8,10-11,14-15,26-27,30-32H2,1-4H3,(H,51,55,57)(H,52,56,58)(H2,59,60,61)/t40-,41-,42+,43+,44+,45+/m0/s1. The Hall–Kier alpha value is -5.47. The van der Waals surface area contributed by atoms with E-state index >= 15 is 0 Å². The molecule has 2 aliphatic heterocycles. The fraction of sp³-hybridized carbons (Fsp3) is 0.480. The van der Waals surface area contributed by atoms with E-state index in [1.807, 2.05) is 85.8 Å². The summed E-state index contributed by atoms with van der Waals surface area (Å²) in [6.07, 6.45) is 3.12. The SMILES string of the molecule is CCCCCc1cn([C@H]2C[C@H](OCOC[C@H]3O[C@@H](n4cc(CCCCC)c(=O)[nH]c4=O)C[C@@H]3OP(=O)(O)O)[C@@H](COC(c3ccccc3)(c3ccc(OC)cc3)c3ccc(OC)cc3)O2)c(=O)[nH]c1=O. The van der Waals surface area contributed by atoms with E-state index < -0.39 is 72.8 Å². The molecule has 5 aromatic rings. The average molecular weight is 991 g/mol. The van der Waals surface area contributed by atoms with E-state index in [-0.39, 0.29) is 32.8 Å². The van der Waals surface area contributed by atoms with Crippen LogP contribution in [0.15, 0.2) is 110 Å². The van der Waals surface area contributed by atoms with Gasteiger partial charge in [0.05, 0.1) is 33.5 Å². The van der Waals surface area contributed by atoms with Gasteiger partial charge in [0.2, 0.25) is 0 Å². The van der Waals surface area contributed by atoms with Crippen LogP contribution < -0.4 is 32.0 Å². The molecule has 7 rings (SSSR count). The third kappa shape index (κ3) is 12.7. The van der Waals surface area contributed by atoms with Crippen LogP contribution in [0.4, 0.5) is 0 Å². The van der Waals surface area contributed by atoms with Crippen molar-refractivity contribution in [2.45, 2.75) is 121 Å². The average Bonchev–Trinajstić information content (AvgIpc) is 3.94. The van der Waals surface area contributed by atoms with Crippen molar-refractivity contribution in [1.29, 1.82) is 0 Å². The second-order valence-corrected chi connectivity index (χ2v) is 18.6. The minimum absolute atomic E-state index is 0.0878. The number of H-pyrrole nitrogens is 2. The van der Waals surface area contributed by atoms with Crippen LogP contribution in [0.5, 0.6) is 11.5 Å². The lowest BCUT2D eigenvalue weighted by Gasteiger charge is -2.37. The van der Waals surface area contributed by atoms with E-state index in [2.05, 4.69) is 16.9 Å². The molecule has 0 bridgehead atoms. The molecule has 2 aliphatic rings. The van der Waals surface area contributed by atoms with Crippen molar-refractivity contribution in [2.24, 2.45) is 0 Å². The molecule has 2 saturated heterocycles. The van der Waals surface area contributed by atoms with E-state index in [1.165, 1.54) is 21.5 Å². The van der Waals surface area contributed by atoms with Crippen LogP contribution >= 0.6 is 7.82 Å². The third-order valence-corrected chi connectivity index (χ3v) is 13.3. The van der Waals surface area contributed by atoms with Gasteiger partial charge in [-0.3, -0.25) is 33.2 Å². The van der Waals surface area contributed by atoms with Crippen LogP contribution in [0, 0.1) is 0 Å². The fourth-order valence-corrected chi connectivity index (χ4v) is 9.63. The summed E-state index contributed by atoms with van der Waals surface area (Å²) < 4.78 is 63.2. The van der Waals surface area contributed by atoms with Crippen LogP contribution in [0.25, 0.3) is 0 Å². The summed E-state index contributed by atoms with van der Waals surface area (Å²) in [5.41, 5.74) is -0.453. The molecular formula is C50H63N4O15P. The Bertz CT molecular complexity index is 2710. The van der Waals surface area contributed by atoms with Crippen LogP contribution in [0.3, 0.4) is 0 Å². The molecular weight excluding hydrogens is 928 g/mol. The van der Waals surface area contributed by atoms with Gasteiger partial charge in [0, 0.05) is 36.4 Å². The second-order valence-electron chi connectivity index (χ2n) is 17.4. The highest BCUT2D eigenvalue weighted by molar-refractivity contribution is 7.46. The fourth-order valence-electron chi connectivity index (χ4n) is 9.06. The van der Waals surface area contributed by atoms with Crippen molar-refractivity contribution in [3.63, 3.8) is 0 Å². The molecule has 0 aliphatic carbocycles. The van der Waals surface area contributed by atoms with Crippen molar-refractivity contribution in [3.05, 3.63) is 161 Å². The van der Waals surface area contributed by atoms with Gasteiger partial charge in [0.25, 0.3) is 11.1 Å². The molecule has 20 heteroatoms. The van der Waals surface area contributed by atoms with Gasteiger partial charge in [0.1, 0.15) is 54.7 Å². The highest BCUT2D eigenvalue weighted by Crippen LogP contribution is 2.45. The zero-order valence-electron chi connectivity index (χ0n) is 39.9. The Balaban J connectivity index is 1.16. The largest absolute Gasteiger partial charge is 0.497 e. The number of aryl methyl sites for hydroxylation is 2. The molecule has 3 aromatic carbocycles. The molecule has 4 N–H and O–H groups in total. The Morgan fingerprint density at radius 3 is 1.60 bits per heavy atom. The minimum Gasteiger partial charge on any atom is -0.497 e. The molecule has 19 nitrogen and oxygen atoms in total. The highest BCUT2D eigenvalue weighted by Gasteiger charge is 2.44. The highest BCUT2D eigenvalue weighted by atomic mass is 31.2. The van der Waals surface area contributed by atoms with Crippen LogP contribution in [-0.4, -0.2) is 87.5 Å². The molecule has 0 unspecified atom stereocenters. The van der Waals surface area contributed by atoms with Crippen LogP contribution in [0.1, 0.15) is 105 Å². The molecule has 0 saturated carbocycles. The van der Waals surface area contributed by atoms with Crippen molar-refractivity contribution in [2.75, 3.05) is 34.2 Å². The summed E-state index contributed by atoms with van der Waals surface area (Å²) in [5, 5.41) is 0.